The summed E-state index contributed by atoms with van der Waals surface area (Å²) in [6, 6.07) is 0. The van der Waals surface area contributed by atoms with Gasteiger partial charge in [-0.3, -0.25) is 14.5 Å². The number of hydrogen-bond acceptors (Lipinski definition) is 4. The van der Waals surface area contributed by atoms with Crippen LogP contribution in [0.2, 0.25) is 0 Å². The number of ether oxygens (including phenoxy) is 1. The SMILES string of the molecule is COCC(=O)CN1CCCN(C)C(=O)C1. The molecule has 0 aromatic rings. The van der Waals surface area contributed by atoms with E-state index in [1.807, 2.05) is 4.90 Å². The molecule has 1 amide bonds. The van der Waals surface area contributed by atoms with Crippen LogP contribution in [-0.2, 0) is 14.3 Å². The van der Waals surface area contributed by atoms with Crippen molar-refractivity contribution in [3.8, 4) is 0 Å². The molecule has 0 unspecified atom stereocenters. The van der Waals surface area contributed by atoms with Gasteiger partial charge in [0, 0.05) is 27.2 Å². The summed E-state index contributed by atoms with van der Waals surface area (Å²) in [6.07, 6.45) is 0.919. The fourth-order valence-electron chi connectivity index (χ4n) is 1.64. The van der Waals surface area contributed by atoms with Crippen LogP contribution in [0, 0.1) is 0 Å². The second-order valence-electron chi connectivity index (χ2n) is 3.85. The van der Waals surface area contributed by atoms with Crippen LogP contribution >= 0.6 is 0 Å². The standard InChI is InChI=1S/C10H18N2O3/c1-11-4-3-5-12(7-10(11)14)6-9(13)8-15-2/h3-8H2,1-2H3. The molecule has 15 heavy (non-hydrogen) atoms. The maximum absolute atomic E-state index is 11.5. The van der Waals surface area contributed by atoms with Crippen LogP contribution in [0.4, 0.5) is 0 Å². The molecule has 0 bridgehead atoms. The van der Waals surface area contributed by atoms with Crippen molar-refractivity contribution in [2.24, 2.45) is 0 Å². The monoisotopic (exact) mass is 214 g/mol. The Labute approximate surface area is 90.0 Å². The van der Waals surface area contributed by atoms with Gasteiger partial charge in [0.15, 0.2) is 5.78 Å². The lowest BCUT2D eigenvalue weighted by atomic mass is 10.3. The lowest BCUT2D eigenvalue weighted by molar-refractivity contribution is -0.130. The highest BCUT2D eigenvalue weighted by atomic mass is 16.5. The molecule has 1 saturated heterocycles. The normalized spacial score (nSPS) is 19.1. The molecule has 1 heterocycles. The maximum atomic E-state index is 11.5. The van der Waals surface area contributed by atoms with Crippen molar-refractivity contribution < 1.29 is 14.3 Å². The molecule has 0 spiro atoms. The average molecular weight is 214 g/mol. The summed E-state index contributed by atoms with van der Waals surface area (Å²) in [5.41, 5.74) is 0. The first-order valence-electron chi connectivity index (χ1n) is 5.10. The maximum Gasteiger partial charge on any atom is 0.236 e. The summed E-state index contributed by atoms with van der Waals surface area (Å²) < 4.78 is 4.75. The predicted molar refractivity (Wildman–Crippen MR) is 55.6 cm³/mol. The van der Waals surface area contributed by atoms with Gasteiger partial charge < -0.3 is 9.64 Å². The van der Waals surface area contributed by atoms with Gasteiger partial charge in [0.1, 0.15) is 6.61 Å². The molecule has 1 fully saturated rings. The van der Waals surface area contributed by atoms with E-state index in [9.17, 15) is 9.59 Å². The van der Waals surface area contributed by atoms with Crippen molar-refractivity contribution in [2.45, 2.75) is 6.42 Å². The summed E-state index contributed by atoms with van der Waals surface area (Å²) in [4.78, 5) is 26.4. The van der Waals surface area contributed by atoms with Gasteiger partial charge in [0.2, 0.25) is 5.91 Å². The summed E-state index contributed by atoms with van der Waals surface area (Å²) in [5, 5.41) is 0. The first kappa shape index (κ1) is 12.1. The second kappa shape index (κ2) is 5.82. The van der Waals surface area contributed by atoms with Crippen molar-refractivity contribution >= 4 is 11.7 Å². The van der Waals surface area contributed by atoms with Crippen molar-refractivity contribution in [1.29, 1.82) is 0 Å². The highest BCUT2D eigenvalue weighted by molar-refractivity contribution is 5.83. The third-order valence-electron chi connectivity index (χ3n) is 2.46. The zero-order valence-corrected chi connectivity index (χ0v) is 9.36. The van der Waals surface area contributed by atoms with E-state index in [2.05, 4.69) is 0 Å². The Kier molecular flexibility index (Phi) is 4.71. The van der Waals surface area contributed by atoms with Crippen LogP contribution < -0.4 is 0 Å². The number of ketones is 1. The average Bonchev–Trinajstić information content (AvgIpc) is 2.30. The van der Waals surface area contributed by atoms with Crippen LogP contribution in [0.25, 0.3) is 0 Å². The number of carbonyl (C=O) groups excluding carboxylic acids is 2. The fraction of sp³-hybridized carbons (Fsp3) is 0.800. The van der Waals surface area contributed by atoms with Gasteiger partial charge in [-0.1, -0.05) is 0 Å². The molecule has 1 aliphatic heterocycles. The van der Waals surface area contributed by atoms with Gasteiger partial charge in [0.25, 0.3) is 0 Å². The Morgan fingerprint density at radius 1 is 1.47 bits per heavy atom. The van der Waals surface area contributed by atoms with Gasteiger partial charge in [0.05, 0.1) is 13.1 Å². The van der Waals surface area contributed by atoms with E-state index in [1.54, 1.807) is 11.9 Å². The molecular weight excluding hydrogens is 196 g/mol. The number of amides is 1. The number of hydrogen-bond donors (Lipinski definition) is 0. The van der Waals surface area contributed by atoms with Gasteiger partial charge in [-0.15, -0.1) is 0 Å². The third kappa shape index (κ3) is 3.97. The van der Waals surface area contributed by atoms with Gasteiger partial charge in [-0.2, -0.15) is 0 Å². The Bertz CT molecular complexity index is 243. The van der Waals surface area contributed by atoms with Crippen molar-refractivity contribution in [1.82, 2.24) is 9.80 Å². The molecule has 0 atom stereocenters. The molecular formula is C10H18N2O3. The van der Waals surface area contributed by atoms with Crippen LogP contribution in [0.3, 0.4) is 0 Å². The van der Waals surface area contributed by atoms with Gasteiger partial charge >= 0.3 is 0 Å². The largest absolute Gasteiger partial charge is 0.377 e. The zero-order chi connectivity index (χ0) is 11.3. The molecule has 1 aliphatic rings. The summed E-state index contributed by atoms with van der Waals surface area (Å²) in [5.74, 6) is 0.104. The highest BCUT2D eigenvalue weighted by Gasteiger charge is 2.20. The van der Waals surface area contributed by atoms with Crippen molar-refractivity contribution in [2.75, 3.05) is 46.9 Å². The minimum Gasteiger partial charge on any atom is -0.377 e. The number of likely N-dealkylation sites (N-methyl/N-ethyl adjacent to an activating group) is 1. The smallest absolute Gasteiger partial charge is 0.236 e. The van der Waals surface area contributed by atoms with E-state index >= 15 is 0 Å². The molecule has 0 saturated carbocycles. The molecule has 1 rings (SSSR count). The lowest BCUT2D eigenvalue weighted by Crippen LogP contribution is -2.37. The molecule has 0 aromatic heterocycles. The fourth-order valence-corrected chi connectivity index (χ4v) is 1.64. The summed E-state index contributed by atoms with van der Waals surface area (Å²) in [7, 11) is 3.29. The van der Waals surface area contributed by atoms with Gasteiger partial charge in [-0.25, -0.2) is 0 Å². The Morgan fingerprint density at radius 3 is 2.87 bits per heavy atom. The number of nitrogens with zero attached hydrogens (tertiary/aromatic N) is 2. The minimum atomic E-state index is 0.0230. The quantitative estimate of drug-likeness (QED) is 0.625. The van der Waals surface area contributed by atoms with Crippen LogP contribution in [0.1, 0.15) is 6.42 Å². The second-order valence-corrected chi connectivity index (χ2v) is 3.85. The molecule has 0 aliphatic carbocycles. The third-order valence-corrected chi connectivity index (χ3v) is 2.46. The molecule has 0 aromatic carbocycles. The van der Waals surface area contributed by atoms with Crippen molar-refractivity contribution in [3.63, 3.8) is 0 Å². The van der Waals surface area contributed by atoms with E-state index in [-0.39, 0.29) is 18.3 Å². The Balaban J connectivity index is 2.41. The number of rotatable bonds is 4. The molecule has 0 radical (unpaired) electrons. The van der Waals surface area contributed by atoms with E-state index < -0.39 is 0 Å². The summed E-state index contributed by atoms with van der Waals surface area (Å²) in [6.45, 7) is 2.35. The van der Waals surface area contributed by atoms with Crippen LogP contribution in [0.15, 0.2) is 0 Å². The first-order chi connectivity index (χ1) is 7.13. The first-order valence-corrected chi connectivity index (χ1v) is 5.10. The van der Waals surface area contributed by atoms with E-state index in [4.69, 9.17) is 4.74 Å². The molecule has 5 nitrogen and oxygen atoms in total. The number of carbonyl (C=O) groups is 2. The van der Waals surface area contributed by atoms with Crippen LogP contribution in [0.5, 0.6) is 0 Å². The minimum absolute atomic E-state index is 0.0230. The summed E-state index contributed by atoms with van der Waals surface area (Å²) >= 11 is 0. The molecule has 5 heteroatoms. The topological polar surface area (TPSA) is 49.9 Å². The molecule has 0 N–H and O–H groups in total. The van der Waals surface area contributed by atoms with E-state index in [0.717, 1.165) is 19.5 Å². The Hall–Kier alpha value is -0.940. The zero-order valence-electron chi connectivity index (χ0n) is 9.36. The number of Topliss-reactive ketones (excluding diaryl/α,β-unsaturated/α-hetero) is 1. The van der Waals surface area contributed by atoms with Crippen LogP contribution in [-0.4, -0.2) is 68.4 Å². The van der Waals surface area contributed by atoms with Crippen molar-refractivity contribution in [3.05, 3.63) is 0 Å². The predicted octanol–water partition coefficient (Wildman–Crippen LogP) is -0.634. The highest BCUT2D eigenvalue weighted by Crippen LogP contribution is 2.02. The van der Waals surface area contributed by atoms with E-state index in [1.165, 1.54) is 7.11 Å². The Morgan fingerprint density at radius 2 is 2.20 bits per heavy atom. The van der Waals surface area contributed by atoms with Gasteiger partial charge in [-0.05, 0) is 6.42 Å². The van der Waals surface area contributed by atoms with E-state index in [0.29, 0.717) is 13.1 Å². The lowest BCUT2D eigenvalue weighted by Gasteiger charge is -2.17. The molecule has 86 valence electrons. The number of methoxy groups -OCH3 is 1.